The molecule has 3 N–H and O–H groups in total. The summed E-state index contributed by atoms with van der Waals surface area (Å²) >= 11 is 5.95. The van der Waals surface area contributed by atoms with Gasteiger partial charge >= 0.3 is 0 Å². The minimum Gasteiger partial charge on any atom is -0.376 e. The fourth-order valence-corrected chi connectivity index (χ4v) is 4.80. The maximum absolute atomic E-state index is 12.4. The van der Waals surface area contributed by atoms with E-state index in [0.717, 1.165) is 12.8 Å². The highest BCUT2D eigenvalue weighted by Gasteiger charge is 2.52. The molecular weight excluding hydrogens is 300 g/mol. The van der Waals surface area contributed by atoms with Crippen molar-refractivity contribution in [2.24, 2.45) is 11.7 Å². The summed E-state index contributed by atoms with van der Waals surface area (Å²) in [5.41, 5.74) is 6.06. The first-order chi connectivity index (χ1) is 9.50. The van der Waals surface area contributed by atoms with E-state index in [0.29, 0.717) is 6.61 Å². The average Bonchev–Trinajstić information content (AvgIpc) is 2.45. The van der Waals surface area contributed by atoms with Crippen molar-refractivity contribution in [2.75, 3.05) is 6.61 Å². The summed E-state index contributed by atoms with van der Waals surface area (Å²) in [4.78, 5) is 0.0770. The second kappa shape index (κ2) is 5.27. The molecule has 1 aliphatic carbocycles. The minimum atomic E-state index is -3.68. The van der Waals surface area contributed by atoms with Crippen LogP contribution in [-0.4, -0.2) is 33.2 Å². The van der Waals surface area contributed by atoms with E-state index in [-0.39, 0.29) is 34.0 Å². The summed E-state index contributed by atoms with van der Waals surface area (Å²) in [5, 5.41) is 0.203. The van der Waals surface area contributed by atoms with E-state index in [9.17, 15) is 8.42 Å². The molecule has 0 spiro atoms. The molecule has 0 aromatic heterocycles. The van der Waals surface area contributed by atoms with Crippen LogP contribution in [0.25, 0.3) is 0 Å². The number of fused-ring (bicyclic) bond motifs is 1. The van der Waals surface area contributed by atoms with Gasteiger partial charge in [-0.25, -0.2) is 13.1 Å². The molecule has 1 aromatic rings. The monoisotopic (exact) mass is 316 g/mol. The van der Waals surface area contributed by atoms with Crippen molar-refractivity contribution in [3.8, 4) is 0 Å². The Kier molecular flexibility index (Phi) is 3.77. The van der Waals surface area contributed by atoms with Crippen LogP contribution < -0.4 is 10.5 Å². The summed E-state index contributed by atoms with van der Waals surface area (Å²) < 4.78 is 33.0. The first-order valence-corrected chi connectivity index (χ1v) is 8.51. The topological polar surface area (TPSA) is 81.4 Å². The summed E-state index contributed by atoms with van der Waals surface area (Å²) in [6, 6.07) is 5.79. The van der Waals surface area contributed by atoms with E-state index >= 15 is 0 Å². The van der Waals surface area contributed by atoms with Crippen molar-refractivity contribution in [3.63, 3.8) is 0 Å². The van der Waals surface area contributed by atoms with Crippen LogP contribution in [0.5, 0.6) is 0 Å². The molecule has 7 heteroatoms. The SMILES string of the molecule is NC1C2CCCOC2C1NS(=O)(=O)c1ccccc1Cl. The lowest BCUT2D eigenvalue weighted by molar-refractivity contribution is -0.114. The lowest BCUT2D eigenvalue weighted by Gasteiger charge is -2.52. The van der Waals surface area contributed by atoms with Crippen molar-refractivity contribution in [3.05, 3.63) is 29.3 Å². The van der Waals surface area contributed by atoms with Crippen LogP contribution in [-0.2, 0) is 14.8 Å². The Morgan fingerprint density at radius 1 is 1.35 bits per heavy atom. The van der Waals surface area contributed by atoms with Crippen LogP contribution in [0.2, 0.25) is 5.02 Å². The Morgan fingerprint density at radius 3 is 2.85 bits per heavy atom. The molecule has 1 heterocycles. The second-order valence-electron chi connectivity index (χ2n) is 5.30. The van der Waals surface area contributed by atoms with Gasteiger partial charge in [0.15, 0.2) is 0 Å². The molecule has 110 valence electrons. The zero-order valence-corrected chi connectivity index (χ0v) is 12.4. The smallest absolute Gasteiger partial charge is 0.242 e. The Balaban J connectivity index is 1.79. The Morgan fingerprint density at radius 2 is 2.10 bits per heavy atom. The van der Waals surface area contributed by atoms with Gasteiger partial charge < -0.3 is 10.5 Å². The van der Waals surface area contributed by atoms with Crippen LogP contribution in [0.15, 0.2) is 29.2 Å². The first kappa shape index (κ1) is 14.3. The number of ether oxygens (including phenoxy) is 1. The third-order valence-corrected chi connectivity index (χ3v) is 6.05. The lowest BCUT2D eigenvalue weighted by atomic mass is 9.69. The molecular formula is C13H17ClN2O3S. The fraction of sp³-hybridized carbons (Fsp3) is 0.538. The maximum Gasteiger partial charge on any atom is 0.242 e. The molecule has 0 amide bonds. The van der Waals surface area contributed by atoms with Gasteiger partial charge in [-0.15, -0.1) is 0 Å². The van der Waals surface area contributed by atoms with Crippen LogP contribution >= 0.6 is 11.6 Å². The molecule has 0 radical (unpaired) electrons. The Labute approximate surface area is 123 Å². The number of halogens is 1. The van der Waals surface area contributed by atoms with Crippen molar-refractivity contribution >= 4 is 21.6 Å². The Hall–Kier alpha value is -0.660. The van der Waals surface area contributed by atoms with Gasteiger partial charge in [0.25, 0.3) is 0 Å². The number of nitrogens with one attached hydrogen (secondary N) is 1. The average molecular weight is 317 g/mol. The van der Waals surface area contributed by atoms with Gasteiger partial charge in [0.05, 0.1) is 17.2 Å². The molecule has 2 fully saturated rings. The quantitative estimate of drug-likeness (QED) is 0.875. The van der Waals surface area contributed by atoms with E-state index in [1.807, 2.05) is 0 Å². The molecule has 20 heavy (non-hydrogen) atoms. The first-order valence-electron chi connectivity index (χ1n) is 6.65. The van der Waals surface area contributed by atoms with Gasteiger partial charge in [0.2, 0.25) is 10.0 Å². The molecule has 2 aliphatic rings. The normalized spacial score (nSPS) is 33.3. The molecule has 4 unspecified atom stereocenters. The number of benzene rings is 1. The van der Waals surface area contributed by atoms with Gasteiger partial charge in [0, 0.05) is 18.6 Å². The third-order valence-electron chi connectivity index (χ3n) is 4.09. The van der Waals surface area contributed by atoms with E-state index in [1.54, 1.807) is 18.2 Å². The standard InChI is InChI=1S/C13H17ClN2O3S/c14-9-5-1-2-6-10(9)20(17,18)16-12-11(15)8-4-3-7-19-13(8)12/h1-2,5-6,8,11-13,16H,3-4,7,15H2. The number of nitrogens with two attached hydrogens (primary N) is 1. The predicted molar refractivity (Wildman–Crippen MR) is 76.0 cm³/mol. The molecule has 1 saturated heterocycles. The van der Waals surface area contributed by atoms with Crippen LogP contribution in [0.3, 0.4) is 0 Å². The summed E-state index contributed by atoms with van der Waals surface area (Å²) in [5.74, 6) is 0.252. The third kappa shape index (κ3) is 2.35. The maximum atomic E-state index is 12.4. The molecule has 0 bridgehead atoms. The number of rotatable bonds is 3. The predicted octanol–water partition coefficient (Wildman–Crippen LogP) is 1.12. The van der Waals surface area contributed by atoms with Crippen molar-refractivity contribution in [1.29, 1.82) is 0 Å². The van der Waals surface area contributed by atoms with E-state index in [4.69, 9.17) is 22.1 Å². The number of hydrogen-bond donors (Lipinski definition) is 2. The van der Waals surface area contributed by atoms with E-state index in [2.05, 4.69) is 4.72 Å². The molecule has 3 rings (SSSR count). The lowest BCUT2D eigenvalue weighted by Crippen LogP contribution is -2.71. The van der Waals surface area contributed by atoms with Crippen molar-refractivity contribution in [2.45, 2.75) is 35.9 Å². The fourth-order valence-electron chi connectivity index (χ4n) is 3.00. The summed E-state index contributed by atoms with van der Waals surface area (Å²) in [7, 11) is -3.68. The highest BCUT2D eigenvalue weighted by molar-refractivity contribution is 7.89. The van der Waals surface area contributed by atoms with Crippen LogP contribution in [0, 0.1) is 5.92 Å². The summed E-state index contributed by atoms with van der Waals surface area (Å²) in [6.45, 7) is 0.665. The van der Waals surface area contributed by atoms with Gasteiger partial charge in [-0.3, -0.25) is 0 Å². The van der Waals surface area contributed by atoms with Crippen molar-refractivity contribution in [1.82, 2.24) is 4.72 Å². The molecule has 1 aliphatic heterocycles. The molecule has 1 saturated carbocycles. The van der Waals surface area contributed by atoms with E-state index in [1.165, 1.54) is 6.07 Å². The largest absolute Gasteiger partial charge is 0.376 e. The zero-order valence-electron chi connectivity index (χ0n) is 10.8. The van der Waals surface area contributed by atoms with Crippen LogP contribution in [0.1, 0.15) is 12.8 Å². The second-order valence-corrected chi connectivity index (χ2v) is 7.39. The van der Waals surface area contributed by atoms with Crippen LogP contribution in [0.4, 0.5) is 0 Å². The van der Waals surface area contributed by atoms with E-state index < -0.39 is 10.0 Å². The highest BCUT2D eigenvalue weighted by atomic mass is 35.5. The van der Waals surface area contributed by atoms with Gasteiger partial charge in [-0.05, 0) is 25.0 Å². The Bertz CT molecular complexity index is 607. The number of sulfonamides is 1. The molecule has 5 nitrogen and oxygen atoms in total. The summed E-state index contributed by atoms with van der Waals surface area (Å²) in [6.07, 6.45) is 1.87. The minimum absolute atomic E-state index is 0.0770. The zero-order chi connectivity index (χ0) is 14.3. The molecule has 4 atom stereocenters. The number of hydrogen-bond acceptors (Lipinski definition) is 4. The van der Waals surface area contributed by atoms with Gasteiger partial charge in [0.1, 0.15) is 4.90 Å². The molecule has 1 aromatic carbocycles. The van der Waals surface area contributed by atoms with Gasteiger partial charge in [-0.1, -0.05) is 23.7 Å². The van der Waals surface area contributed by atoms with Crippen molar-refractivity contribution < 1.29 is 13.2 Å². The highest BCUT2D eigenvalue weighted by Crippen LogP contribution is 2.37. The van der Waals surface area contributed by atoms with Gasteiger partial charge in [-0.2, -0.15) is 0 Å².